The largest absolute Gasteiger partial charge is 0.360 e. The van der Waals surface area contributed by atoms with E-state index in [0.29, 0.717) is 32.7 Å². The number of hydrogen-bond acceptors (Lipinski definition) is 8. The summed E-state index contributed by atoms with van der Waals surface area (Å²) >= 11 is 0. The molecular weight excluding hydrogens is 378 g/mol. The van der Waals surface area contributed by atoms with Crippen molar-refractivity contribution in [3.8, 4) is 5.69 Å². The molecule has 11 heteroatoms. The lowest BCUT2D eigenvalue weighted by molar-refractivity contribution is -0.384. The third-order valence-corrected chi connectivity index (χ3v) is 4.80. The number of rotatable bonds is 5. The predicted molar refractivity (Wildman–Crippen MR) is 100 cm³/mol. The normalized spacial score (nSPS) is 14.9. The molecular formula is C18H19N7O4. The smallest absolute Gasteiger partial charge is 0.295 e. The van der Waals surface area contributed by atoms with E-state index in [4.69, 9.17) is 4.52 Å². The molecule has 3 aromatic rings. The molecule has 0 aliphatic carbocycles. The third kappa shape index (κ3) is 3.99. The number of nitro groups is 1. The van der Waals surface area contributed by atoms with Crippen molar-refractivity contribution in [1.29, 1.82) is 0 Å². The van der Waals surface area contributed by atoms with Gasteiger partial charge in [0.2, 0.25) is 0 Å². The van der Waals surface area contributed by atoms with E-state index in [-0.39, 0.29) is 22.8 Å². The number of aromatic nitrogens is 4. The monoisotopic (exact) mass is 397 g/mol. The van der Waals surface area contributed by atoms with E-state index in [1.807, 2.05) is 13.0 Å². The van der Waals surface area contributed by atoms with Gasteiger partial charge in [-0.25, -0.2) is 9.67 Å². The highest BCUT2D eigenvalue weighted by Gasteiger charge is 2.25. The molecule has 11 nitrogen and oxygen atoms in total. The van der Waals surface area contributed by atoms with Crippen LogP contribution in [0.4, 0.5) is 5.69 Å². The van der Waals surface area contributed by atoms with Crippen LogP contribution < -0.4 is 0 Å². The number of nitro benzene ring substituents is 1. The Morgan fingerprint density at radius 1 is 1.24 bits per heavy atom. The highest BCUT2D eigenvalue weighted by atomic mass is 16.6. The Bertz CT molecular complexity index is 1020. The fraction of sp³-hybridized carbons (Fsp3) is 0.333. The summed E-state index contributed by atoms with van der Waals surface area (Å²) in [7, 11) is 0. The van der Waals surface area contributed by atoms with Gasteiger partial charge in [0.05, 0.1) is 17.2 Å². The molecule has 1 amide bonds. The van der Waals surface area contributed by atoms with Crippen LogP contribution >= 0.6 is 0 Å². The van der Waals surface area contributed by atoms with E-state index in [9.17, 15) is 14.9 Å². The summed E-state index contributed by atoms with van der Waals surface area (Å²) in [5.41, 5.74) is 1.18. The van der Waals surface area contributed by atoms with Crippen LogP contribution in [0.3, 0.4) is 0 Å². The topological polar surface area (TPSA) is 123 Å². The molecule has 29 heavy (non-hydrogen) atoms. The second-order valence-corrected chi connectivity index (χ2v) is 6.80. The molecule has 0 radical (unpaired) electrons. The maximum atomic E-state index is 12.9. The van der Waals surface area contributed by atoms with Gasteiger partial charge >= 0.3 is 0 Å². The number of piperazine rings is 1. The molecule has 3 heterocycles. The fourth-order valence-electron chi connectivity index (χ4n) is 3.33. The minimum atomic E-state index is -0.523. The van der Waals surface area contributed by atoms with Crippen molar-refractivity contribution in [2.75, 3.05) is 26.2 Å². The average Bonchev–Trinajstić information content (AvgIpc) is 3.39. The fourth-order valence-corrected chi connectivity index (χ4v) is 3.33. The van der Waals surface area contributed by atoms with Crippen LogP contribution in [0.5, 0.6) is 0 Å². The number of carbonyl (C=O) groups excluding carboxylic acids is 1. The van der Waals surface area contributed by atoms with E-state index >= 15 is 0 Å². The molecule has 4 rings (SSSR count). The second kappa shape index (κ2) is 7.80. The van der Waals surface area contributed by atoms with Gasteiger partial charge in [0.1, 0.15) is 18.3 Å². The maximum absolute atomic E-state index is 12.9. The molecule has 2 aromatic heterocycles. The van der Waals surface area contributed by atoms with E-state index in [1.54, 1.807) is 11.0 Å². The molecule has 1 saturated heterocycles. The van der Waals surface area contributed by atoms with Gasteiger partial charge in [-0.3, -0.25) is 19.8 Å². The van der Waals surface area contributed by atoms with Crippen LogP contribution in [0.15, 0.2) is 41.4 Å². The zero-order chi connectivity index (χ0) is 20.4. The van der Waals surface area contributed by atoms with E-state index in [0.717, 1.165) is 11.5 Å². The van der Waals surface area contributed by atoms with Crippen molar-refractivity contribution in [3.05, 3.63) is 64.1 Å². The van der Waals surface area contributed by atoms with Crippen molar-refractivity contribution in [3.63, 3.8) is 0 Å². The summed E-state index contributed by atoms with van der Waals surface area (Å²) in [6.07, 6.45) is 2.67. The summed E-state index contributed by atoms with van der Waals surface area (Å²) in [5.74, 6) is 0.565. The molecule has 0 N–H and O–H groups in total. The summed E-state index contributed by atoms with van der Waals surface area (Å²) in [4.78, 5) is 31.5. The first-order valence-corrected chi connectivity index (χ1v) is 9.08. The molecule has 1 aliphatic heterocycles. The number of aryl methyl sites for hydroxylation is 1. The molecule has 1 aromatic carbocycles. The lowest BCUT2D eigenvalue weighted by Crippen LogP contribution is -2.48. The van der Waals surface area contributed by atoms with Crippen LogP contribution in [0, 0.1) is 17.0 Å². The molecule has 1 aliphatic rings. The first-order chi connectivity index (χ1) is 14.0. The Morgan fingerprint density at radius 2 is 2.03 bits per heavy atom. The minimum absolute atomic E-state index is 0.194. The Labute approximate surface area is 165 Å². The molecule has 150 valence electrons. The highest BCUT2D eigenvalue weighted by molar-refractivity contribution is 5.95. The van der Waals surface area contributed by atoms with Crippen LogP contribution in [0.2, 0.25) is 0 Å². The summed E-state index contributed by atoms with van der Waals surface area (Å²) in [6.45, 7) is 4.95. The lowest BCUT2D eigenvalue weighted by atomic mass is 10.1. The van der Waals surface area contributed by atoms with Crippen LogP contribution in [0.25, 0.3) is 5.69 Å². The molecule has 0 unspecified atom stereocenters. The predicted octanol–water partition coefficient (Wildman–Crippen LogP) is 1.43. The number of benzene rings is 1. The van der Waals surface area contributed by atoms with Crippen LogP contribution in [-0.4, -0.2) is 66.7 Å². The summed E-state index contributed by atoms with van der Waals surface area (Å²) in [6, 6.07) is 6.29. The van der Waals surface area contributed by atoms with Gasteiger partial charge in [-0.15, -0.1) is 0 Å². The van der Waals surface area contributed by atoms with Gasteiger partial charge in [0.25, 0.3) is 11.6 Å². The summed E-state index contributed by atoms with van der Waals surface area (Å²) in [5, 5.41) is 19.3. The number of nitrogens with zero attached hydrogens (tertiary/aromatic N) is 7. The van der Waals surface area contributed by atoms with E-state index < -0.39 is 4.92 Å². The number of amides is 1. The average molecular weight is 397 g/mol. The van der Waals surface area contributed by atoms with Crippen molar-refractivity contribution < 1.29 is 14.2 Å². The quantitative estimate of drug-likeness (QED) is 0.468. The zero-order valence-corrected chi connectivity index (χ0v) is 15.8. The molecule has 0 saturated carbocycles. The molecule has 0 bridgehead atoms. The Kier molecular flexibility index (Phi) is 5.04. The second-order valence-electron chi connectivity index (χ2n) is 6.80. The molecule has 0 spiro atoms. The standard InChI is InChI=1S/C18H19N7O4/c1-13-8-15(29-21-13)10-22-4-6-23(7-5-22)18(26)14-2-3-16(17(9-14)25(27)28)24-12-19-11-20-24/h2-3,8-9,11-12H,4-7,10H2,1H3. The van der Waals surface area contributed by atoms with Gasteiger partial charge in [0.15, 0.2) is 5.76 Å². The Hall–Kier alpha value is -3.60. The van der Waals surface area contributed by atoms with Gasteiger partial charge in [-0.1, -0.05) is 5.16 Å². The van der Waals surface area contributed by atoms with Gasteiger partial charge < -0.3 is 9.42 Å². The third-order valence-electron chi connectivity index (χ3n) is 4.80. The molecule has 1 fully saturated rings. The van der Waals surface area contributed by atoms with E-state index in [1.165, 1.54) is 29.5 Å². The number of carbonyl (C=O) groups is 1. The van der Waals surface area contributed by atoms with E-state index in [2.05, 4.69) is 20.1 Å². The van der Waals surface area contributed by atoms with Crippen molar-refractivity contribution in [2.24, 2.45) is 0 Å². The maximum Gasteiger partial charge on any atom is 0.295 e. The van der Waals surface area contributed by atoms with Crippen molar-refractivity contribution >= 4 is 11.6 Å². The highest BCUT2D eigenvalue weighted by Crippen LogP contribution is 2.24. The van der Waals surface area contributed by atoms with Crippen molar-refractivity contribution in [1.82, 2.24) is 29.7 Å². The van der Waals surface area contributed by atoms with Gasteiger partial charge in [-0.05, 0) is 19.1 Å². The first-order valence-electron chi connectivity index (χ1n) is 9.08. The zero-order valence-electron chi connectivity index (χ0n) is 15.8. The van der Waals surface area contributed by atoms with Crippen LogP contribution in [0.1, 0.15) is 21.8 Å². The van der Waals surface area contributed by atoms with Crippen LogP contribution in [-0.2, 0) is 6.54 Å². The first kappa shape index (κ1) is 18.7. The van der Waals surface area contributed by atoms with Gasteiger partial charge in [-0.2, -0.15) is 5.10 Å². The Balaban J connectivity index is 1.44. The molecule has 0 atom stereocenters. The summed E-state index contributed by atoms with van der Waals surface area (Å²) < 4.78 is 6.54. The minimum Gasteiger partial charge on any atom is -0.360 e. The van der Waals surface area contributed by atoms with Crippen molar-refractivity contribution in [2.45, 2.75) is 13.5 Å². The SMILES string of the molecule is Cc1cc(CN2CCN(C(=O)c3ccc(-n4cncn4)c([N+](=O)[O-])c3)CC2)on1. The van der Waals surface area contributed by atoms with Gasteiger partial charge in [0, 0.05) is 43.9 Å². The number of hydrogen-bond donors (Lipinski definition) is 0. The lowest BCUT2D eigenvalue weighted by Gasteiger charge is -2.34. The Morgan fingerprint density at radius 3 is 2.66 bits per heavy atom.